The molecule has 0 saturated carbocycles. The number of halogens is 1. The molecule has 7 aromatic heterocycles. The van der Waals surface area contributed by atoms with Gasteiger partial charge in [0.25, 0.3) is 0 Å². The van der Waals surface area contributed by atoms with Crippen molar-refractivity contribution in [1.82, 2.24) is 34.9 Å². The maximum Gasteiger partial charge on any atom is 0.155 e. The van der Waals surface area contributed by atoms with Crippen LogP contribution in [0.25, 0.3) is 122 Å². The van der Waals surface area contributed by atoms with Gasteiger partial charge in [0.15, 0.2) is 11.6 Å². The Kier molecular flexibility index (Phi) is 41.0. The molecule has 0 fully saturated rings. The summed E-state index contributed by atoms with van der Waals surface area (Å²) in [6.07, 6.45) is 14.5. The first-order valence-electron chi connectivity index (χ1n) is 39.3. The van der Waals surface area contributed by atoms with E-state index >= 15 is 0 Å². The van der Waals surface area contributed by atoms with Gasteiger partial charge in [0.2, 0.25) is 0 Å². The average Bonchev–Trinajstić information content (AvgIpc) is 1.64. The number of allylic oxidation sites excluding steroid dienone is 4. The number of carbonyl (C=O) groups excluding carboxylic acids is 2. The molecule has 1 aliphatic rings. The van der Waals surface area contributed by atoms with E-state index < -0.39 is 0 Å². The number of aliphatic hydroxyl groups is 2. The number of thiophene rings is 1. The molecular formula is C108H90FIr4N7O4S-6. The quantitative estimate of drug-likeness (QED) is 0.0719. The second kappa shape index (κ2) is 51.3. The zero-order valence-corrected chi connectivity index (χ0v) is 80.9. The van der Waals surface area contributed by atoms with Crippen molar-refractivity contribution in [2.45, 2.75) is 75.7 Å². The van der Waals surface area contributed by atoms with Crippen LogP contribution in [0.3, 0.4) is 0 Å². The summed E-state index contributed by atoms with van der Waals surface area (Å²) < 4.78 is 14.1. The van der Waals surface area contributed by atoms with Gasteiger partial charge in [-0.15, -0.1) is 226 Å². The van der Waals surface area contributed by atoms with Crippen molar-refractivity contribution in [1.29, 1.82) is 0 Å². The molecule has 17 heteroatoms. The zero-order chi connectivity index (χ0) is 85.4. The second-order valence-corrected chi connectivity index (χ2v) is 29.4. The number of hydrogen-bond acceptors (Lipinski definition) is 12. The van der Waals surface area contributed by atoms with Crippen LogP contribution in [0.15, 0.2) is 351 Å². The predicted octanol–water partition coefficient (Wildman–Crippen LogP) is 26.5. The maximum absolute atomic E-state index is 12.9. The van der Waals surface area contributed by atoms with Gasteiger partial charge in [-0.25, -0.2) is 4.39 Å². The van der Waals surface area contributed by atoms with Crippen molar-refractivity contribution < 1.29 is 105 Å². The normalized spacial score (nSPS) is 10.5. The molecule has 0 aliphatic heterocycles. The Morgan fingerprint density at radius 1 is 0.376 bits per heavy atom. The summed E-state index contributed by atoms with van der Waals surface area (Å²) in [4.78, 5) is 52.0. The molecule has 0 unspecified atom stereocenters. The van der Waals surface area contributed by atoms with E-state index in [1.807, 2.05) is 188 Å². The number of carbonyl (C=O) groups is 2. The minimum atomic E-state index is -0.229. The van der Waals surface area contributed by atoms with Gasteiger partial charge < -0.3 is 40.1 Å². The average molecular weight is 2370 g/mol. The second-order valence-electron chi connectivity index (χ2n) is 28.4. The first-order chi connectivity index (χ1) is 58.7. The fourth-order valence-corrected chi connectivity index (χ4v) is 14.1. The Labute approximate surface area is 791 Å². The first-order valence-corrected chi connectivity index (χ1v) is 40.2. The summed E-state index contributed by atoms with van der Waals surface area (Å²) >= 11 is 1.74. The SMILES string of the molecule is CC(=O)C=C(C)O.CC(=O)C=C(C)O.Cc1[c-]c(-c2ncc(-c3c(C)cccc3C)nc2-c2cc(C)cc(C)c2)cc(C)c1.Fc1ccc(-c2ccc(-c3[c-]cccc3)nc2)cc1.[Ir].[Ir].[Ir].[Ir].[c-]1ccccc1-c1cc2c(cn1)-c1ccccc1C2.[c-]1ccccc1-c1ccccn1.[c-]1ccccc1-c1ccccn1.[c-]1ccccc1-c1nccc2sccc12. The summed E-state index contributed by atoms with van der Waals surface area (Å²) in [6.45, 7) is 18.4. The Morgan fingerprint density at radius 3 is 1.34 bits per heavy atom. The predicted molar refractivity (Wildman–Crippen MR) is 491 cm³/mol. The molecule has 125 heavy (non-hydrogen) atoms. The van der Waals surface area contributed by atoms with E-state index in [0.717, 1.165) is 113 Å². The third kappa shape index (κ3) is 30.4. The number of aliphatic hydroxyl groups excluding tert-OH is 2. The number of aromatic nitrogens is 7. The molecule has 636 valence electrons. The van der Waals surface area contributed by atoms with Gasteiger partial charge in [0.1, 0.15) is 5.82 Å². The third-order valence-electron chi connectivity index (χ3n) is 18.5. The largest absolute Gasteiger partial charge is 0.512 e. The van der Waals surface area contributed by atoms with Crippen molar-refractivity contribution in [2.75, 3.05) is 0 Å². The fraction of sp³-hybridized carbons (Fsp3) is 0.102. The summed E-state index contributed by atoms with van der Waals surface area (Å²) in [6, 6.07) is 113. The molecule has 1 aliphatic carbocycles. The summed E-state index contributed by atoms with van der Waals surface area (Å²) in [5.41, 5.74) is 30.4. The van der Waals surface area contributed by atoms with E-state index in [1.165, 1.54) is 112 Å². The summed E-state index contributed by atoms with van der Waals surface area (Å²) in [5.74, 6) is -0.354. The maximum atomic E-state index is 12.9. The number of nitrogens with zero attached hydrogens (tertiary/aromatic N) is 7. The molecule has 0 spiro atoms. The van der Waals surface area contributed by atoms with E-state index in [9.17, 15) is 14.0 Å². The van der Waals surface area contributed by atoms with Gasteiger partial charge in [-0.3, -0.25) is 14.6 Å². The van der Waals surface area contributed by atoms with Gasteiger partial charge in [-0.2, -0.15) is 0 Å². The molecular weight excluding hydrogens is 2280 g/mol. The minimum Gasteiger partial charge on any atom is -0.512 e. The number of ketones is 2. The van der Waals surface area contributed by atoms with Crippen LogP contribution >= 0.6 is 11.3 Å². The summed E-state index contributed by atoms with van der Waals surface area (Å²) in [7, 11) is 0. The Morgan fingerprint density at radius 2 is 0.864 bits per heavy atom. The number of benzene rings is 10. The van der Waals surface area contributed by atoms with Crippen molar-refractivity contribution in [3.8, 4) is 112 Å². The molecule has 2 N–H and O–H groups in total. The van der Waals surface area contributed by atoms with Crippen LogP contribution in [0.5, 0.6) is 0 Å². The molecule has 0 saturated heterocycles. The third-order valence-corrected chi connectivity index (χ3v) is 19.3. The van der Waals surface area contributed by atoms with E-state index in [0.29, 0.717) is 0 Å². The van der Waals surface area contributed by atoms with Gasteiger partial charge in [-0.05, 0) is 176 Å². The van der Waals surface area contributed by atoms with Crippen molar-refractivity contribution in [3.63, 3.8) is 0 Å². The van der Waals surface area contributed by atoms with Crippen molar-refractivity contribution in [2.24, 2.45) is 0 Å². The number of pyridine rings is 5. The molecule has 17 aromatic rings. The Hall–Kier alpha value is -12.1. The van der Waals surface area contributed by atoms with Crippen LogP contribution in [0, 0.1) is 83.8 Å². The van der Waals surface area contributed by atoms with E-state index in [-0.39, 0.29) is 109 Å². The topological polar surface area (TPSA) is 165 Å². The molecule has 7 heterocycles. The van der Waals surface area contributed by atoms with E-state index in [1.54, 1.807) is 42.1 Å². The molecule has 11 nitrogen and oxygen atoms in total. The summed E-state index contributed by atoms with van der Waals surface area (Å²) in [5, 5.41) is 20.0. The van der Waals surface area contributed by atoms with Crippen LogP contribution in [0.1, 0.15) is 72.2 Å². The number of aryl methyl sites for hydroxylation is 6. The van der Waals surface area contributed by atoms with Crippen molar-refractivity contribution in [3.05, 3.63) is 438 Å². The molecule has 4 radical (unpaired) electrons. The van der Waals surface area contributed by atoms with Crippen LogP contribution in [-0.2, 0) is 96.4 Å². The van der Waals surface area contributed by atoms with E-state index in [2.05, 4.69) is 199 Å². The number of fused-ring (bicyclic) bond motifs is 4. The van der Waals surface area contributed by atoms with Crippen molar-refractivity contribution >= 4 is 33.0 Å². The van der Waals surface area contributed by atoms with Crippen LogP contribution in [-0.4, -0.2) is 56.7 Å². The number of rotatable bonds is 11. The molecule has 0 amide bonds. The minimum absolute atomic E-state index is 0. The smallest absolute Gasteiger partial charge is 0.155 e. The number of hydrogen-bond donors (Lipinski definition) is 2. The van der Waals surface area contributed by atoms with Crippen LogP contribution in [0.2, 0.25) is 0 Å². The fourth-order valence-electron chi connectivity index (χ4n) is 13.3. The standard InChI is InChI=1S/C28H27N2.C18H12N.C17H11FN.C13H8NS.2C11H8N.2C5H8O2.4Ir/c1-17-10-18(2)13-23(12-17)27-28(24-14-19(3)11-20(4)15-24)30-25(16-29-27)26-21(5)8-7-9-22(26)6;1-2-6-13(7-3-1)18-11-15-10-14-8-4-5-9-16(14)17(15)12-19-18;18-16-9-6-13(7-10-16)15-8-11-17(19-12-15)14-4-2-1-3-5-14;1-2-4-10(5-3-1)13-11-7-9-15-12(11)6-8-14-13;2*1-2-6-10(7-3-1)11-8-4-5-9-12-11;2*1-4(6)3-5(2)7;;;;/h7-12,14-16H,1-6H3;1-6,8-9,11-12H,10H2;1-4,6-12H;1-4,6-9H;2*1-6,8-9H;2*3,6H,1-2H3;;;;/q6*-1;;;;;;. The van der Waals surface area contributed by atoms with Gasteiger partial charge in [0.05, 0.1) is 22.9 Å². The molecule has 18 rings (SSSR count). The van der Waals surface area contributed by atoms with E-state index in [4.69, 9.17) is 20.2 Å². The van der Waals surface area contributed by atoms with Gasteiger partial charge in [-0.1, -0.05) is 146 Å². The zero-order valence-electron chi connectivity index (χ0n) is 70.5. The monoisotopic (exact) mass is 2370 g/mol. The molecule has 0 bridgehead atoms. The van der Waals surface area contributed by atoms with Gasteiger partial charge in [0, 0.05) is 151 Å². The Bertz CT molecular complexity index is 6050. The Balaban J connectivity index is 0.000000203. The first kappa shape index (κ1) is 100. The molecule has 10 aromatic carbocycles. The molecule has 0 atom stereocenters. The van der Waals surface area contributed by atoms with Gasteiger partial charge >= 0.3 is 0 Å². The van der Waals surface area contributed by atoms with Crippen LogP contribution in [0.4, 0.5) is 4.39 Å². The van der Waals surface area contributed by atoms with Crippen LogP contribution < -0.4 is 0 Å².